The van der Waals surface area contributed by atoms with Gasteiger partial charge >= 0.3 is 0 Å². The molecule has 0 radical (unpaired) electrons. The van der Waals surface area contributed by atoms with Gasteiger partial charge in [-0.2, -0.15) is 0 Å². The van der Waals surface area contributed by atoms with Crippen molar-refractivity contribution in [2.45, 2.75) is 52.4 Å². The van der Waals surface area contributed by atoms with Crippen LogP contribution in [-0.2, 0) is 16.6 Å². The summed E-state index contributed by atoms with van der Waals surface area (Å²) in [5.74, 6) is 0.338. The van der Waals surface area contributed by atoms with Gasteiger partial charge in [-0.25, -0.2) is 0 Å². The van der Waals surface area contributed by atoms with Crippen LogP contribution < -0.4 is 5.32 Å². The molecule has 0 aliphatic rings. The van der Waals surface area contributed by atoms with Crippen molar-refractivity contribution in [1.82, 2.24) is 5.32 Å². The SMILES string of the molecule is Cc1cc(CCC(=O)NCCCO)cc(C(C)(C)C)c1O. The zero-order valence-corrected chi connectivity index (χ0v) is 13.5. The number of phenols is 1. The van der Waals surface area contributed by atoms with Crippen LogP contribution in [0.25, 0.3) is 0 Å². The molecule has 1 aromatic rings. The highest BCUT2D eigenvalue weighted by Crippen LogP contribution is 2.34. The molecule has 0 aliphatic carbocycles. The van der Waals surface area contributed by atoms with E-state index in [1.165, 1.54) is 0 Å². The molecule has 0 saturated carbocycles. The van der Waals surface area contributed by atoms with E-state index in [1.807, 2.05) is 19.1 Å². The monoisotopic (exact) mass is 293 g/mol. The summed E-state index contributed by atoms with van der Waals surface area (Å²) in [4.78, 5) is 11.7. The van der Waals surface area contributed by atoms with Gasteiger partial charge in [0.2, 0.25) is 5.91 Å². The molecule has 1 rings (SSSR count). The first-order valence-electron chi connectivity index (χ1n) is 7.46. The average molecular weight is 293 g/mol. The molecule has 4 heteroatoms. The molecule has 0 unspecified atom stereocenters. The normalized spacial score (nSPS) is 11.5. The van der Waals surface area contributed by atoms with Crippen LogP contribution in [0.3, 0.4) is 0 Å². The minimum absolute atomic E-state index is 0.00788. The summed E-state index contributed by atoms with van der Waals surface area (Å²) in [5, 5.41) is 21.6. The molecule has 0 saturated heterocycles. The van der Waals surface area contributed by atoms with Gasteiger partial charge in [0.25, 0.3) is 0 Å². The van der Waals surface area contributed by atoms with E-state index < -0.39 is 0 Å². The van der Waals surface area contributed by atoms with Gasteiger partial charge in [0, 0.05) is 19.6 Å². The molecule has 0 atom stereocenters. The second kappa shape index (κ2) is 7.46. The van der Waals surface area contributed by atoms with Crippen LogP contribution in [0.1, 0.15) is 50.3 Å². The smallest absolute Gasteiger partial charge is 0.220 e. The summed E-state index contributed by atoms with van der Waals surface area (Å²) in [7, 11) is 0. The van der Waals surface area contributed by atoms with Crippen LogP contribution >= 0.6 is 0 Å². The quantitative estimate of drug-likeness (QED) is 0.706. The number of hydrogen-bond donors (Lipinski definition) is 3. The van der Waals surface area contributed by atoms with E-state index in [9.17, 15) is 9.90 Å². The first-order chi connectivity index (χ1) is 9.75. The number of aryl methyl sites for hydroxylation is 2. The van der Waals surface area contributed by atoms with Crippen molar-refractivity contribution in [3.63, 3.8) is 0 Å². The summed E-state index contributed by atoms with van der Waals surface area (Å²) in [6, 6.07) is 3.93. The molecule has 4 nitrogen and oxygen atoms in total. The van der Waals surface area contributed by atoms with Gasteiger partial charge in [-0.3, -0.25) is 4.79 Å². The van der Waals surface area contributed by atoms with Gasteiger partial charge in [0.05, 0.1) is 0 Å². The van der Waals surface area contributed by atoms with E-state index in [0.29, 0.717) is 31.6 Å². The number of aliphatic hydroxyl groups excluding tert-OH is 1. The lowest BCUT2D eigenvalue weighted by molar-refractivity contribution is -0.121. The number of rotatable bonds is 6. The molecule has 0 heterocycles. The fourth-order valence-electron chi connectivity index (χ4n) is 2.22. The van der Waals surface area contributed by atoms with Gasteiger partial charge in [-0.1, -0.05) is 32.9 Å². The van der Waals surface area contributed by atoms with Crippen LogP contribution in [0.15, 0.2) is 12.1 Å². The number of hydrogen-bond acceptors (Lipinski definition) is 3. The predicted octanol–water partition coefficient (Wildman–Crippen LogP) is 2.43. The number of aliphatic hydroxyl groups is 1. The van der Waals surface area contributed by atoms with Crippen molar-refractivity contribution in [3.8, 4) is 5.75 Å². The second-order valence-electron chi connectivity index (χ2n) is 6.49. The van der Waals surface area contributed by atoms with Crippen molar-refractivity contribution in [3.05, 3.63) is 28.8 Å². The molecule has 0 aromatic heterocycles. The van der Waals surface area contributed by atoms with Crippen LogP contribution in [-0.4, -0.2) is 29.3 Å². The standard InChI is InChI=1S/C17H27NO3/c1-12-10-13(6-7-15(20)18-8-5-9-19)11-14(16(12)21)17(2,3)4/h10-11,19,21H,5-9H2,1-4H3,(H,18,20). The third-order valence-corrected chi connectivity index (χ3v) is 3.47. The lowest BCUT2D eigenvalue weighted by Crippen LogP contribution is -2.25. The van der Waals surface area contributed by atoms with Gasteiger partial charge in [-0.05, 0) is 41.9 Å². The molecular weight excluding hydrogens is 266 g/mol. The van der Waals surface area contributed by atoms with E-state index in [2.05, 4.69) is 26.1 Å². The van der Waals surface area contributed by atoms with E-state index >= 15 is 0 Å². The number of carbonyl (C=O) groups is 1. The third kappa shape index (κ3) is 5.38. The minimum Gasteiger partial charge on any atom is -0.507 e. The topological polar surface area (TPSA) is 69.6 Å². The molecule has 0 spiro atoms. The Kier molecular flexibility index (Phi) is 6.21. The fraction of sp³-hybridized carbons (Fsp3) is 0.588. The Hall–Kier alpha value is -1.55. The summed E-state index contributed by atoms with van der Waals surface area (Å²) in [6.07, 6.45) is 1.65. The zero-order chi connectivity index (χ0) is 16.0. The number of nitrogens with one attached hydrogen (secondary N) is 1. The Labute approximate surface area is 127 Å². The second-order valence-corrected chi connectivity index (χ2v) is 6.49. The highest BCUT2D eigenvalue weighted by Gasteiger charge is 2.20. The fourth-order valence-corrected chi connectivity index (χ4v) is 2.22. The number of carbonyl (C=O) groups excluding carboxylic acids is 1. The van der Waals surface area contributed by atoms with Crippen molar-refractivity contribution < 1.29 is 15.0 Å². The van der Waals surface area contributed by atoms with Crippen LogP contribution in [0.5, 0.6) is 5.75 Å². The molecule has 3 N–H and O–H groups in total. The van der Waals surface area contributed by atoms with Crippen molar-refractivity contribution >= 4 is 5.91 Å². The molecule has 118 valence electrons. The van der Waals surface area contributed by atoms with E-state index in [0.717, 1.165) is 16.7 Å². The maximum Gasteiger partial charge on any atom is 0.220 e. The lowest BCUT2D eigenvalue weighted by Gasteiger charge is -2.22. The highest BCUT2D eigenvalue weighted by atomic mass is 16.3. The Bertz CT molecular complexity index is 490. The molecule has 0 bridgehead atoms. The summed E-state index contributed by atoms with van der Waals surface area (Å²) in [5.41, 5.74) is 2.69. The average Bonchev–Trinajstić information content (AvgIpc) is 2.39. The first kappa shape index (κ1) is 17.5. The molecule has 0 aliphatic heterocycles. The molecule has 1 amide bonds. The zero-order valence-electron chi connectivity index (χ0n) is 13.5. The molecule has 21 heavy (non-hydrogen) atoms. The third-order valence-electron chi connectivity index (χ3n) is 3.47. The Morgan fingerprint density at radius 2 is 1.95 bits per heavy atom. The van der Waals surface area contributed by atoms with Crippen LogP contribution in [0.4, 0.5) is 0 Å². The van der Waals surface area contributed by atoms with Crippen molar-refractivity contribution in [1.29, 1.82) is 0 Å². The van der Waals surface area contributed by atoms with Gasteiger partial charge in [0.1, 0.15) is 5.75 Å². The summed E-state index contributed by atoms with van der Waals surface area (Å²) < 4.78 is 0. The van der Waals surface area contributed by atoms with E-state index in [1.54, 1.807) is 0 Å². The first-order valence-corrected chi connectivity index (χ1v) is 7.46. The van der Waals surface area contributed by atoms with Gasteiger partial charge in [-0.15, -0.1) is 0 Å². The Balaban J connectivity index is 2.72. The maximum atomic E-state index is 11.7. The molecule has 1 aromatic carbocycles. The number of amides is 1. The van der Waals surface area contributed by atoms with Gasteiger partial charge in [0.15, 0.2) is 0 Å². The number of aromatic hydroxyl groups is 1. The maximum absolute atomic E-state index is 11.7. The Morgan fingerprint density at radius 3 is 2.52 bits per heavy atom. The Morgan fingerprint density at radius 1 is 1.29 bits per heavy atom. The lowest BCUT2D eigenvalue weighted by atomic mass is 9.83. The van der Waals surface area contributed by atoms with Crippen molar-refractivity contribution in [2.24, 2.45) is 0 Å². The minimum atomic E-state index is -0.131. The van der Waals surface area contributed by atoms with Gasteiger partial charge < -0.3 is 15.5 Å². The summed E-state index contributed by atoms with van der Waals surface area (Å²) >= 11 is 0. The van der Waals surface area contributed by atoms with Crippen molar-refractivity contribution in [2.75, 3.05) is 13.2 Å². The highest BCUT2D eigenvalue weighted by molar-refractivity contribution is 5.76. The number of phenolic OH excluding ortho intramolecular Hbond substituents is 1. The largest absolute Gasteiger partial charge is 0.507 e. The van der Waals surface area contributed by atoms with E-state index in [4.69, 9.17) is 5.11 Å². The summed E-state index contributed by atoms with van der Waals surface area (Å²) in [6.45, 7) is 8.67. The number of benzene rings is 1. The van der Waals surface area contributed by atoms with Crippen LogP contribution in [0, 0.1) is 6.92 Å². The van der Waals surface area contributed by atoms with E-state index in [-0.39, 0.29) is 17.9 Å². The molecule has 0 fully saturated rings. The van der Waals surface area contributed by atoms with Crippen LogP contribution in [0.2, 0.25) is 0 Å². The molecular formula is C17H27NO3. The predicted molar refractivity (Wildman–Crippen MR) is 84.6 cm³/mol.